The lowest BCUT2D eigenvalue weighted by atomic mass is 9.84. The van der Waals surface area contributed by atoms with E-state index in [2.05, 4.69) is 29.5 Å². The number of nitrogens with one attached hydrogen (secondary N) is 2. The van der Waals surface area contributed by atoms with Crippen molar-refractivity contribution in [3.8, 4) is 0 Å². The predicted octanol–water partition coefficient (Wildman–Crippen LogP) is 1.50. The first-order chi connectivity index (χ1) is 8.30. The largest absolute Gasteiger partial charge is 0.394 e. The Bertz CT molecular complexity index is 231. The van der Waals surface area contributed by atoms with Gasteiger partial charge in [0.2, 0.25) is 0 Å². The summed E-state index contributed by atoms with van der Waals surface area (Å²) in [6, 6.07) is 0.546. The van der Waals surface area contributed by atoms with E-state index in [0.717, 1.165) is 18.4 Å². The van der Waals surface area contributed by atoms with Gasteiger partial charge in [0.1, 0.15) is 0 Å². The summed E-state index contributed by atoms with van der Waals surface area (Å²) in [5.41, 5.74) is 0. The molecule has 0 spiro atoms. The van der Waals surface area contributed by atoms with Gasteiger partial charge in [0.05, 0.1) is 13.2 Å². The van der Waals surface area contributed by atoms with Gasteiger partial charge < -0.3 is 15.7 Å². The van der Waals surface area contributed by atoms with Crippen LogP contribution in [0, 0.1) is 5.92 Å². The molecule has 2 unspecified atom stereocenters. The number of aliphatic imine (C=N–C) groups is 1. The summed E-state index contributed by atoms with van der Waals surface area (Å²) in [6.07, 6.45) is 6.46. The summed E-state index contributed by atoms with van der Waals surface area (Å²) in [6.45, 7) is 5.78. The Hall–Kier alpha value is -0.770. The van der Waals surface area contributed by atoms with Gasteiger partial charge in [-0.05, 0) is 25.7 Å². The van der Waals surface area contributed by atoms with Gasteiger partial charge in [-0.2, -0.15) is 0 Å². The van der Waals surface area contributed by atoms with Crippen molar-refractivity contribution in [2.24, 2.45) is 10.9 Å². The van der Waals surface area contributed by atoms with Gasteiger partial charge in [-0.3, -0.25) is 4.99 Å². The third-order valence-corrected chi connectivity index (χ3v) is 3.42. The fraction of sp³-hybridized carbons (Fsp3) is 0.923. The highest BCUT2D eigenvalue weighted by Crippen LogP contribution is 2.26. The van der Waals surface area contributed by atoms with Crippen LogP contribution in [0.1, 0.15) is 46.0 Å². The van der Waals surface area contributed by atoms with Crippen molar-refractivity contribution in [1.29, 1.82) is 0 Å². The Morgan fingerprint density at radius 3 is 2.82 bits per heavy atom. The Morgan fingerprint density at radius 2 is 2.18 bits per heavy atom. The minimum absolute atomic E-state index is 0.110. The van der Waals surface area contributed by atoms with Crippen molar-refractivity contribution >= 4 is 5.96 Å². The molecule has 2 atom stereocenters. The fourth-order valence-corrected chi connectivity index (χ4v) is 2.47. The molecule has 1 aliphatic rings. The average molecular weight is 241 g/mol. The summed E-state index contributed by atoms with van der Waals surface area (Å²) in [5, 5.41) is 15.5. The molecule has 1 rings (SSSR count). The van der Waals surface area contributed by atoms with Gasteiger partial charge in [-0.1, -0.05) is 26.2 Å². The van der Waals surface area contributed by atoms with E-state index >= 15 is 0 Å². The highest BCUT2D eigenvalue weighted by molar-refractivity contribution is 5.80. The molecule has 100 valence electrons. The average Bonchev–Trinajstić information content (AvgIpc) is 2.36. The minimum atomic E-state index is 0.110. The molecule has 0 heterocycles. The van der Waals surface area contributed by atoms with Gasteiger partial charge >= 0.3 is 0 Å². The molecule has 0 aliphatic heterocycles. The van der Waals surface area contributed by atoms with E-state index in [1.165, 1.54) is 32.1 Å². The minimum Gasteiger partial charge on any atom is -0.394 e. The quantitative estimate of drug-likeness (QED) is 0.505. The van der Waals surface area contributed by atoms with Crippen molar-refractivity contribution < 1.29 is 5.11 Å². The van der Waals surface area contributed by atoms with Crippen LogP contribution in [0.15, 0.2) is 4.99 Å². The maximum atomic E-state index is 8.81. The highest BCUT2D eigenvalue weighted by Gasteiger charge is 2.21. The van der Waals surface area contributed by atoms with E-state index in [0.29, 0.717) is 12.6 Å². The van der Waals surface area contributed by atoms with Gasteiger partial charge in [-0.15, -0.1) is 0 Å². The zero-order valence-electron chi connectivity index (χ0n) is 11.2. The van der Waals surface area contributed by atoms with E-state index in [4.69, 9.17) is 5.11 Å². The van der Waals surface area contributed by atoms with Gasteiger partial charge in [0.25, 0.3) is 0 Å². The summed E-state index contributed by atoms with van der Waals surface area (Å²) >= 11 is 0. The normalized spacial score (nSPS) is 25.7. The lowest BCUT2D eigenvalue weighted by molar-refractivity contribution is 0.296. The molecule has 17 heavy (non-hydrogen) atoms. The van der Waals surface area contributed by atoms with Crippen molar-refractivity contribution in [3.63, 3.8) is 0 Å². The maximum Gasteiger partial charge on any atom is 0.191 e. The summed E-state index contributed by atoms with van der Waals surface area (Å²) < 4.78 is 0. The molecule has 0 radical (unpaired) electrons. The van der Waals surface area contributed by atoms with E-state index in [-0.39, 0.29) is 6.61 Å². The third kappa shape index (κ3) is 5.39. The van der Waals surface area contributed by atoms with Crippen LogP contribution >= 0.6 is 0 Å². The van der Waals surface area contributed by atoms with Crippen LogP contribution in [0.2, 0.25) is 0 Å². The first-order valence-corrected chi connectivity index (χ1v) is 6.95. The Morgan fingerprint density at radius 1 is 1.35 bits per heavy atom. The van der Waals surface area contributed by atoms with Crippen LogP contribution in [-0.2, 0) is 0 Å². The maximum absolute atomic E-state index is 8.81. The van der Waals surface area contributed by atoms with Crippen molar-refractivity contribution in [2.45, 2.75) is 52.0 Å². The highest BCUT2D eigenvalue weighted by atomic mass is 16.3. The molecule has 1 aliphatic carbocycles. The van der Waals surface area contributed by atoms with Crippen LogP contribution in [0.3, 0.4) is 0 Å². The van der Waals surface area contributed by atoms with Crippen LogP contribution in [-0.4, -0.2) is 36.8 Å². The number of aliphatic hydroxyl groups excluding tert-OH is 1. The van der Waals surface area contributed by atoms with Gasteiger partial charge in [0, 0.05) is 12.6 Å². The predicted molar refractivity (Wildman–Crippen MR) is 72.2 cm³/mol. The van der Waals surface area contributed by atoms with Gasteiger partial charge in [0.15, 0.2) is 5.96 Å². The van der Waals surface area contributed by atoms with Crippen molar-refractivity contribution in [2.75, 3.05) is 19.7 Å². The molecule has 3 N–H and O–H groups in total. The second-order valence-electron chi connectivity index (χ2n) is 4.77. The van der Waals surface area contributed by atoms with Crippen LogP contribution in [0.5, 0.6) is 0 Å². The van der Waals surface area contributed by atoms with Gasteiger partial charge in [-0.25, -0.2) is 0 Å². The zero-order chi connectivity index (χ0) is 12.5. The fourth-order valence-electron chi connectivity index (χ4n) is 2.47. The van der Waals surface area contributed by atoms with Crippen LogP contribution < -0.4 is 10.6 Å². The lowest BCUT2D eigenvalue weighted by Crippen LogP contribution is -2.45. The Kier molecular flexibility index (Phi) is 7.01. The first kappa shape index (κ1) is 14.3. The number of rotatable bonds is 5. The molecule has 0 saturated heterocycles. The third-order valence-electron chi connectivity index (χ3n) is 3.42. The van der Waals surface area contributed by atoms with E-state index in [1.807, 2.05) is 0 Å². The van der Waals surface area contributed by atoms with E-state index in [1.54, 1.807) is 0 Å². The molecular formula is C13H27N3O. The molecule has 4 nitrogen and oxygen atoms in total. The molecule has 4 heteroatoms. The van der Waals surface area contributed by atoms with Crippen molar-refractivity contribution in [3.05, 3.63) is 0 Å². The lowest BCUT2D eigenvalue weighted by Gasteiger charge is -2.30. The summed E-state index contributed by atoms with van der Waals surface area (Å²) in [5.74, 6) is 1.71. The SMILES string of the molecule is CCNC(=NCCO)NC1CCCC(CC)C1. The monoisotopic (exact) mass is 241 g/mol. The Balaban J connectivity index is 2.42. The summed E-state index contributed by atoms with van der Waals surface area (Å²) in [7, 11) is 0. The second-order valence-corrected chi connectivity index (χ2v) is 4.77. The number of nitrogens with zero attached hydrogens (tertiary/aromatic N) is 1. The molecule has 0 aromatic heterocycles. The number of aliphatic hydroxyl groups is 1. The molecule has 1 saturated carbocycles. The molecule has 0 bridgehead atoms. The topological polar surface area (TPSA) is 56.7 Å². The molecule has 1 fully saturated rings. The number of hydrogen-bond donors (Lipinski definition) is 3. The molecule has 0 aromatic carbocycles. The number of guanidine groups is 1. The first-order valence-electron chi connectivity index (χ1n) is 6.95. The smallest absolute Gasteiger partial charge is 0.191 e. The van der Waals surface area contributed by atoms with Crippen molar-refractivity contribution in [1.82, 2.24) is 10.6 Å². The second kappa shape index (κ2) is 8.34. The molecule has 0 aromatic rings. The van der Waals surface area contributed by atoms with Crippen LogP contribution in [0.4, 0.5) is 0 Å². The summed E-state index contributed by atoms with van der Waals surface area (Å²) in [4.78, 5) is 4.32. The standard InChI is InChI=1S/C13H27N3O/c1-3-11-6-5-7-12(10-11)16-13(14-4-2)15-8-9-17/h11-12,17H,3-10H2,1-2H3,(H2,14,15,16). The number of hydrogen-bond acceptors (Lipinski definition) is 2. The Labute approximate surface area is 105 Å². The van der Waals surface area contributed by atoms with E-state index in [9.17, 15) is 0 Å². The van der Waals surface area contributed by atoms with Crippen LogP contribution in [0.25, 0.3) is 0 Å². The zero-order valence-corrected chi connectivity index (χ0v) is 11.2. The van der Waals surface area contributed by atoms with E-state index < -0.39 is 0 Å². The molecular weight excluding hydrogens is 214 g/mol. The molecule has 0 amide bonds.